The second-order valence-electron chi connectivity index (χ2n) is 10.4. The fraction of sp³-hybridized carbons (Fsp3) is 0.917. The molecule has 0 aromatic heterocycles. The summed E-state index contributed by atoms with van der Waals surface area (Å²) in [6, 6.07) is 0. The van der Waals surface area contributed by atoms with Crippen molar-refractivity contribution in [3.63, 3.8) is 0 Å². The maximum Gasteiger partial charge on any atom is 0.410 e. The molecule has 0 saturated carbocycles. The van der Waals surface area contributed by atoms with Gasteiger partial charge in [-0.1, -0.05) is 27.7 Å². The van der Waals surface area contributed by atoms with Crippen molar-refractivity contribution < 1.29 is 19.4 Å². The molecule has 0 aliphatic carbocycles. The number of carbonyl (C=O) groups excluding carboxylic acids is 1. The number of hydrogen-bond donors (Lipinski definition) is 1. The minimum atomic E-state index is -0.764. The van der Waals surface area contributed by atoms with Crippen LogP contribution in [0.5, 0.6) is 0 Å². The summed E-state index contributed by atoms with van der Waals surface area (Å²) >= 11 is 4.00. The quantitative estimate of drug-likeness (QED) is 0.471. The van der Waals surface area contributed by atoms with Crippen LogP contribution in [0, 0.1) is 11.8 Å². The van der Waals surface area contributed by atoms with Gasteiger partial charge in [-0.25, -0.2) is 9.59 Å². The molecule has 2 aliphatic rings. The van der Waals surface area contributed by atoms with Crippen LogP contribution in [-0.2, 0) is 4.74 Å². The monoisotopic (exact) mass is 490 g/mol. The first-order valence-electron chi connectivity index (χ1n) is 12.1. The van der Waals surface area contributed by atoms with Crippen molar-refractivity contribution in [2.24, 2.45) is 11.8 Å². The van der Waals surface area contributed by atoms with Gasteiger partial charge in [-0.15, -0.1) is 0 Å². The molecule has 2 fully saturated rings. The topological polar surface area (TPSA) is 70.1 Å². The number of piperidine rings is 2. The molecule has 0 atom stereocenters. The number of likely N-dealkylation sites (tertiary alicyclic amines) is 2. The third-order valence-electron chi connectivity index (χ3n) is 5.48. The van der Waals surface area contributed by atoms with E-state index in [-0.39, 0.29) is 11.7 Å². The molecule has 32 heavy (non-hydrogen) atoms. The van der Waals surface area contributed by atoms with Crippen molar-refractivity contribution in [2.45, 2.75) is 90.3 Å². The summed E-state index contributed by atoms with van der Waals surface area (Å²) in [5.41, 5.74) is -0.387. The average Bonchev–Trinajstić information content (AvgIpc) is 2.70. The zero-order chi connectivity index (χ0) is 24.3. The van der Waals surface area contributed by atoms with Crippen LogP contribution >= 0.6 is 23.5 Å². The lowest BCUT2D eigenvalue weighted by molar-refractivity contribution is 0.0191. The van der Waals surface area contributed by atoms with Crippen LogP contribution in [0.15, 0.2) is 0 Å². The molecule has 2 amide bonds. The van der Waals surface area contributed by atoms with Crippen molar-refractivity contribution in [3.05, 3.63) is 0 Å². The third kappa shape index (κ3) is 13.1. The zero-order valence-electron chi connectivity index (χ0n) is 21.3. The highest BCUT2D eigenvalue weighted by Gasteiger charge is 2.27. The molecule has 6 nitrogen and oxygen atoms in total. The Morgan fingerprint density at radius 2 is 1.22 bits per heavy atom. The maximum absolute atomic E-state index is 11.9. The second kappa shape index (κ2) is 14.5. The van der Waals surface area contributed by atoms with Gasteiger partial charge in [-0.05, 0) is 80.3 Å². The zero-order valence-corrected chi connectivity index (χ0v) is 22.9. The highest BCUT2D eigenvalue weighted by Crippen LogP contribution is 2.25. The van der Waals surface area contributed by atoms with E-state index in [4.69, 9.17) is 9.84 Å². The number of carboxylic acid groups (broad SMARTS) is 1. The highest BCUT2D eigenvalue weighted by molar-refractivity contribution is 8.00. The molecule has 188 valence electrons. The van der Waals surface area contributed by atoms with Gasteiger partial charge in [-0.3, -0.25) is 0 Å². The predicted octanol–water partition coefficient (Wildman–Crippen LogP) is 6.29. The molecule has 2 rings (SSSR count). The summed E-state index contributed by atoms with van der Waals surface area (Å²) in [7, 11) is 0. The van der Waals surface area contributed by atoms with E-state index in [1.807, 2.05) is 49.2 Å². The Hall–Kier alpha value is -0.760. The van der Waals surface area contributed by atoms with Gasteiger partial charge in [0.1, 0.15) is 5.60 Å². The number of amides is 2. The van der Waals surface area contributed by atoms with Crippen LogP contribution in [-0.4, -0.2) is 80.9 Å². The Bertz CT molecular complexity index is 551. The average molecular weight is 491 g/mol. The third-order valence-corrected chi connectivity index (χ3v) is 8.14. The molecule has 2 aliphatic heterocycles. The van der Waals surface area contributed by atoms with Gasteiger partial charge in [0, 0.05) is 26.2 Å². The van der Waals surface area contributed by atoms with Crippen molar-refractivity contribution >= 4 is 35.7 Å². The molecule has 0 spiro atoms. The molecular weight excluding hydrogens is 444 g/mol. The van der Waals surface area contributed by atoms with Gasteiger partial charge in [0.25, 0.3) is 0 Å². The molecule has 0 bridgehead atoms. The van der Waals surface area contributed by atoms with Crippen LogP contribution in [0.4, 0.5) is 9.59 Å². The molecule has 8 heteroatoms. The Morgan fingerprint density at radius 3 is 1.53 bits per heavy atom. The van der Waals surface area contributed by atoms with E-state index in [0.717, 1.165) is 63.7 Å². The standard InChI is InChI=1S/C14H27NO2S.C10H19NO2S/c1-11(2)18-10-12-6-8-15(9-7-12)13(16)17-14(3,4)5;1-8(2)14-7-9-3-5-11(6-4-9)10(12)13/h11-12H,6-10H2,1-5H3;8-9H,3-7H2,1-2H3,(H,12,13). The van der Waals surface area contributed by atoms with Crippen LogP contribution in [0.25, 0.3) is 0 Å². The first-order chi connectivity index (χ1) is 14.9. The van der Waals surface area contributed by atoms with Gasteiger partial charge in [-0.2, -0.15) is 23.5 Å². The van der Waals surface area contributed by atoms with Crippen molar-refractivity contribution in [3.8, 4) is 0 Å². The minimum absolute atomic E-state index is 0.155. The minimum Gasteiger partial charge on any atom is -0.465 e. The van der Waals surface area contributed by atoms with Crippen molar-refractivity contribution in [1.82, 2.24) is 9.80 Å². The lowest BCUT2D eigenvalue weighted by Gasteiger charge is -2.33. The second-order valence-corrected chi connectivity index (χ2v) is 13.6. The highest BCUT2D eigenvalue weighted by atomic mass is 32.2. The Labute approximate surface area is 204 Å². The van der Waals surface area contributed by atoms with Gasteiger partial charge in [0.05, 0.1) is 0 Å². The van der Waals surface area contributed by atoms with E-state index >= 15 is 0 Å². The SMILES string of the molecule is CC(C)SCC1CCN(C(=O)O)CC1.CC(C)SCC1CCN(C(=O)OC(C)(C)C)CC1. The Kier molecular flexibility index (Phi) is 13.3. The van der Waals surface area contributed by atoms with Gasteiger partial charge in [0.2, 0.25) is 0 Å². The summed E-state index contributed by atoms with van der Waals surface area (Å²) < 4.78 is 5.39. The van der Waals surface area contributed by atoms with E-state index in [1.54, 1.807) is 0 Å². The molecular formula is C24H46N2O4S2. The van der Waals surface area contributed by atoms with E-state index in [1.165, 1.54) is 16.4 Å². The summed E-state index contributed by atoms with van der Waals surface area (Å²) in [4.78, 5) is 25.9. The molecule has 2 saturated heterocycles. The first-order valence-corrected chi connectivity index (χ1v) is 14.2. The lowest BCUT2D eigenvalue weighted by atomic mass is 9.99. The van der Waals surface area contributed by atoms with Crippen molar-refractivity contribution in [1.29, 1.82) is 0 Å². The normalized spacial score (nSPS) is 18.5. The van der Waals surface area contributed by atoms with Crippen LogP contribution in [0.3, 0.4) is 0 Å². The van der Waals surface area contributed by atoms with Crippen LogP contribution < -0.4 is 0 Å². The summed E-state index contributed by atoms with van der Waals surface area (Å²) in [6.45, 7) is 17.8. The summed E-state index contributed by atoms with van der Waals surface area (Å²) in [5, 5.41) is 10.2. The summed E-state index contributed by atoms with van der Waals surface area (Å²) in [5.74, 6) is 3.89. The molecule has 1 N–H and O–H groups in total. The Balaban J connectivity index is 0.000000330. The number of ether oxygens (including phenoxy) is 1. The fourth-order valence-corrected chi connectivity index (χ4v) is 5.54. The van der Waals surface area contributed by atoms with Crippen LogP contribution in [0.1, 0.15) is 74.1 Å². The van der Waals surface area contributed by atoms with Gasteiger partial charge < -0.3 is 19.6 Å². The van der Waals surface area contributed by atoms with E-state index in [9.17, 15) is 9.59 Å². The number of thioether (sulfide) groups is 2. The smallest absolute Gasteiger partial charge is 0.410 e. The maximum atomic E-state index is 11.9. The summed E-state index contributed by atoms with van der Waals surface area (Å²) in [6.07, 6.45) is 3.37. The number of carbonyl (C=O) groups is 2. The fourth-order valence-electron chi connectivity index (χ4n) is 3.56. The van der Waals surface area contributed by atoms with E-state index in [2.05, 4.69) is 27.7 Å². The Morgan fingerprint density at radius 1 is 0.844 bits per heavy atom. The first kappa shape index (κ1) is 29.3. The van der Waals surface area contributed by atoms with Gasteiger partial charge >= 0.3 is 12.2 Å². The van der Waals surface area contributed by atoms with Crippen LogP contribution in [0.2, 0.25) is 0 Å². The molecule has 0 unspecified atom stereocenters. The number of hydrogen-bond acceptors (Lipinski definition) is 5. The number of rotatable bonds is 6. The predicted molar refractivity (Wildman–Crippen MR) is 138 cm³/mol. The molecule has 0 radical (unpaired) electrons. The molecule has 2 heterocycles. The number of nitrogens with zero attached hydrogens (tertiary/aromatic N) is 2. The van der Waals surface area contributed by atoms with Crippen molar-refractivity contribution in [2.75, 3.05) is 37.7 Å². The molecule has 0 aromatic rings. The largest absolute Gasteiger partial charge is 0.465 e. The lowest BCUT2D eigenvalue weighted by Crippen LogP contribution is -2.42. The van der Waals surface area contributed by atoms with E-state index < -0.39 is 6.09 Å². The van der Waals surface area contributed by atoms with Gasteiger partial charge in [0.15, 0.2) is 0 Å². The molecule has 0 aromatic carbocycles. The van der Waals surface area contributed by atoms with E-state index in [0.29, 0.717) is 10.5 Å².